The molecule has 0 radical (unpaired) electrons. The van der Waals surface area contributed by atoms with Crippen LogP contribution in [-0.4, -0.2) is 25.3 Å². The fraction of sp³-hybridized carbons (Fsp3) is 0.364. The van der Waals surface area contributed by atoms with E-state index >= 15 is 0 Å². The monoisotopic (exact) mass is 225 g/mol. The molecule has 1 rings (SSSR count). The average Bonchev–Trinajstić information content (AvgIpc) is 2.27. The smallest absolute Gasteiger partial charge is 0.325 e. The first kappa shape index (κ1) is 12.3. The molecule has 0 unspecified atom stereocenters. The van der Waals surface area contributed by atoms with Gasteiger partial charge < -0.3 is 20.3 Å². The van der Waals surface area contributed by atoms with Gasteiger partial charge in [-0.1, -0.05) is 0 Å². The van der Waals surface area contributed by atoms with Crippen LogP contribution in [0.3, 0.4) is 0 Å². The molecule has 0 aliphatic rings. The predicted molar refractivity (Wildman–Crippen MR) is 58.8 cm³/mol. The van der Waals surface area contributed by atoms with Gasteiger partial charge in [0.25, 0.3) is 0 Å². The Labute approximate surface area is 93.8 Å². The third-order valence-electron chi connectivity index (χ3n) is 2.37. The SMILES string of the molecule is COc1cc(C)c([C@H](N)C(=O)O)cc1OC. The molecule has 5 heteroatoms. The van der Waals surface area contributed by atoms with Crippen molar-refractivity contribution in [3.63, 3.8) is 0 Å². The first-order valence-electron chi connectivity index (χ1n) is 4.72. The van der Waals surface area contributed by atoms with Crippen LogP contribution >= 0.6 is 0 Å². The van der Waals surface area contributed by atoms with Crippen molar-refractivity contribution in [1.29, 1.82) is 0 Å². The Bertz CT molecular complexity index is 403. The van der Waals surface area contributed by atoms with E-state index in [9.17, 15) is 4.79 Å². The number of carbonyl (C=O) groups is 1. The van der Waals surface area contributed by atoms with Crippen molar-refractivity contribution in [3.05, 3.63) is 23.3 Å². The molecule has 3 N–H and O–H groups in total. The van der Waals surface area contributed by atoms with Crippen molar-refractivity contribution in [2.24, 2.45) is 5.73 Å². The van der Waals surface area contributed by atoms with Crippen molar-refractivity contribution >= 4 is 5.97 Å². The summed E-state index contributed by atoms with van der Waals surface area (Å²) in [5, 5.41) is 8.85. The van der Waals surface area contributed by atoms with Gasteiger partial charge in [-0.05, 0) is 30.2 Å². The van der Waals surface area contributed by atoms with Crippen molar-refractivity contribution in [2.75, 3.05) is 14.2 Å². The summed E-state index contributed by atoms with van der Waals surface area (Å²) in [4.78, 5) is 10.8. The van der Waals surface area contributed by atoms with E-state index in [2.05, 4.69) is 0 Å². The van der Waals surface area contributed by atoms with Gasteiger partial charge in [0, 0.05) is 0 Å². The number of benzene rings is 1. The molecule has 0 aliphatic carbocycles. The van der Waals surface area contributed by atoms with E-state index in [4.69, 9.17) is 20.3 Å². The summed E-state index contributed by atoms with van der Waals surface area (Å²) in [5.41, 5.74) is 6.83. The first-order valence-corrected chi connectivity index (χ1v) is 4.72. The summed E-state index contributed by atoms with van der Waals surface area (Å²) >= 11 is 0. The van der Waals surface area contributed by atoms with E-state index in [-0.39, 0.29) is 0 Å². The lowest BCUT2D eigenvalue weighted by Gasteiger charge is -2.15. The van der Waals surface area contributed by atoms with Crippen LogP contribution in [0.4, 0.5) is 0 Å². The summed E-state index contributed by atoms with van der Waals surface area (Å²) in [5.74, 6) is -0.0449. The molecular formula is C11H15NO4. The van der Waals surface area contributed by atoms with Crippen LogP contribution in [0.1, 0.15) is 17.2 Å². The number of methoxy groups -OCH3 is 2. The fourth-order valence-corrected chi connectivity index (χ4v) is 1.46. The number of rotatable bonds is 4. The Hall–Kier alpha value is -1.75. The second-order valence-corrected chi connectivity index (χ2v) is 3.38. The maximum atomic E-state index is 10.8. The molecule has 0 saturated heterocycles. The van der Waals surface area contributed by atoms with Crippen LogP contribution in [0.15, 0.2) is 12.1 Å². The minimum Gasteiger partial charge on any atom is -0.493 e. The number of aryl methyl sites for hydroxylation is 1. The molecule has 5 nitrogen and oxygen atoms in total. The number of hydrogen-bond donors (Lipinski definition) is 2. The van der Waals surface area contributed by atoms with Crippen LogP contribution in [0.25, 0.3) is 0 Å². The maximum absolute atomic E-state index is 10.8. The summed E-state index contributed by atoms with van der Waals surface area (Å²) in [6.45, 7) is 1.78. The Morgan fingerprint density at radius 3 is 2.25 bits per heavy atom. The van der Waals surface area contributed by atoms with Gasteiger partial charge >= 0.3 is 5.97 Å². The number of nitrogens with two attached hydrogens (primary N) is 1. The molecule has 88 valence electrons. The zero-order chi connectivity index (χ0) is 12.3. The van der Waals surface area contributed by atoms with E-state index in [1.54, 1.807) is 19.1 Å². The molecule has 16 heavy (non-hydrogen) atoms. The van der Waals surface area contributed by atoms with Crippen LogP contribution in [0.5, 0.6) is 11.5 Å². The molecule has 0 fully saturated rings. The third-order valence-corrected chi connectivity index (χ3v) is 2.37. The molecule has 0 heterocycles. The lowest BCUT2D eigenvalue weighted by atomic mass is 10.0. The van der Waals surface area contributed by atoms with Gasteiger partial charge in [-0.15, -0.1) is 0 Å². The molecule has 1 aromatic rings. The molecule has 0 amide bonds. The van der Waals surface area contributed by atoms with Crippen LogP contribution in [0, 0.1) is 6.92 Å². The van der Waals surface area contributed by atoms with E-state index in [1.807, 2.05) is 0 Å². The highest BCUT2D eigenvalue weighted by atomic mass is 16.5. The lowest BCUT2D eigenvalue weighted by molar-refractivity contribution is -0.138. The molecule has 0 spiro atoms. The highest BCUT2D eigenvalue weighted by molar-refractivity contribution is 5.76. The summed E-state index contributed by atoms with van der Waals surface area (Å²) in [7, 11) is 3.01. The highest BCUT2D eigenvalue weighted by Gasteiger charge is 2.19. The molecular weight excluding hydrogens is 210 g/mol. The topological polar surface area (TPSA) is 81.8 Å². The van der Waals surface area contributed by atoms with Gasteiger partial charge in [0.2, 0.25) is 0 Å². The van der Waals surface area contributed by atoms with Gasteiger partial charge in [0.15, 0.2) is 11.5 Å². The summed E-state index contributed by atoms with van der Waals surface area (Å²) in [6.07, 6.45) is 0. The van der Waals surface area contributed by atoms with Crippen LogP contribution < -0.4 is 15.2 Å². The molecule has 1 atom stereocenters. The maximum Gasteiger partial charge on any atom is 0.325 e. The van der Waals surface area contributed by atoms with Crippen LogP contribution in [0.2, 0.25) is 0 Å². The van der Waals surface area contributed by atoms with Gasteiger partial charge in [-0.25, -0.2) is 0 Å². The van der Waals surface area contributed by atoms with Crippen LogP contribution in [-0.2, 0) is 4.79 Å². The Kier molecular flexibility index (Phi) is 3.73. The van der Waals surface area contributed by atoms with Gasteiger partial charge in [0.05, 0.1) is 14.2 Å². The molecule has 0 saturated carbocycles. The minimum absolute atomic E-state index is 0.472. The quantitative estimate of drug-likeness (QED) is 0.801. The first-order chi connectivity index (χ1) is 7.51. The molecule has 0 aromatic heterocycles. The van der Waals surface area contributed by atoms with E-state index in [1.165, 1.54) is 14.2 Å². The number of ether oxygens (including phenoxy) is 2. The molecule has 1 aromatic carbocycles. The molecule has 0 bridgehead atoms. The highest BCUT2D eigenvalue weighted by Crippen LogP contribution is 2.32. The summed E-state index contributed by atoms with van der Waals surface area (Å²) in [6, 6.07) is 2.24. The van der Waals surface area contributed by atoms with Crippen molar-refractivity contribution < 1.29 is 19.4 Å². The third kappa shape index (κ3) is 2.25. The number of aliphatic carboxylic acids is 1. The average molecular weight is 225 g/mol. The molecule has 0 aliphatic heterocycles. The zero-order valence-electron chi connectivity index (χ0n) is 9.48. The van der Waals surface area contributed by atoms with E-state index in [0.29, 0.717) is 17.1 Å². The number of carboxylic acid groups (broad SMARTS) is 1. The summed E-state index contributed by atoms with van der Waals surface area (Å²) < 4.78 is 10.2. The van der Waals surface area contributed by atoms with Crippen molar-refractivity contribution in [3.8, 4) is 11.5 Å². The van der Waals surface area contributed by atoms with Crippen molar-refractivity contribution in [1.82, 2.24) is 0 Å². The second kappa shape index (κ2) is 4.85. The Morgan fingerprint density at radius 1 is 1.31 bits per heavy atom. The largest absolute Gasteiger partial charge is 0.493 e. The zero-order valence-corrected chi connectivity index (χ0v) is 9.48. The Morgan fingerprint density at radius 2 is 1.81 bits per heavy atom. The van der Waals surface area contributed by atoms with Gasteiger partial charge in [0.1, 0.15) is 6.04 Å². The standard InChI is InChI=1S/C11H15NO4/c1-6-4-8(15-2)9(16-3)5-7(6)10(12)11(13)14/h4-5,10H,12H2,1-3H3,(H,13,14)/t10-/m0/s1. The van der Waals surface area contributed by atoms with Gasteiger partial charge in [-0.2, -0.15) is 0 Å². The van der Waals surface area contributed by atoms with Gasteiger partial charge in [-0.3, -0.25) is 4.79 Å². The van der Waals surface area contributed by atoms with Crippen molar-refractivity contribution in [2.45, 2.75) is 13.0 Å². The normalized spacial score (nSPS) is 12.0. The number of hydrogen-bond acceptors (Lipinski definition) is 4. The predicted octanol–water partition coefficient (Wildman–Crippen LogP) is 1.10. The lowest BCUT2D eigenvalue weighted by Crippen LogP contribution is -2.21. The number of carboxylic acids is 1. The van der Waals surface area contributed by atoms with E-state index in [0.717, 1.165) is 5.56 Å². The Balaban J connectivity index is 3.26. The second-order valence-electron chi connectivity index (χ2n) is 3.38. The minimum atomic E-state index is -1.07. The van der Waals surface area contributed by atoms with E-state index < -0.39 is 12.0 Å². The fourth-order valence-electron chi connectivity index (χ4n) is 1.46.